The van der Waals surface area contributed by atoms with Crippen molar-refractivity contribution in [3.05, 3.63) is 11.1 Å². The third kappa shape index (κ3) is 5.41. The second kappa shape index (κ2) is 6.54. The maximum absolute atomic E-state index is 5.26. The Bertz CT molecular complexity index is 158. The van der Waals surface area contributed by atoms with Crippen LogP contribution >= 0.6 is 15.9 Å². The Hall–Kier alpha value is 0.1000. The normalized spacial score (nSPS) is 18.8. The van der Waals surface area contributed by atoms with Crippen LogP contribution in [0.15, 0.2) is 11.1 Å². The van der Waals surface area contributed by atoms with Gasteiger partial charge in [-0.15, -0.1) is 0 Å². The number of hydrogen-bond donors (Lipinski definition) is 1. The Balaban J connectivity index is 1.95. The predicted octanol–water partition coefficient (Wildman–Crippen LogP) is 0.817. The lowest BCUT2D eigenvalue weighted by Gasteiger charge is -2.26. The number of rotatable bonds is 5. The number of nitrogens with zero attached hydrogens (tertiary/aromatic N) is 1. The second-order valence-corrected chi connectivity index (χ2v) is 4.27. The lowest BCUT2D eigenvalue weighted by molar-refractivity contribution is 0.0385. The van der Waals surface area contributed by atoms with Crippen molar-refractivity contribution in [3.63, 3.8) is 0 Å². The highest BCUT2D eigenvalue weighted by Crippen LogP contribution is 1.97. The molecule has 76 valence electrons. The topological polar surface area (TPSA) is 24.5 Å². The van der Waals surface area contributed by atoms with Gasteiger partial charge < -0.3 is 10.1 Å². The summed E-state index contributed by atoms with van der Waals surface area (Å²) in [6, 6.07) is 0. The summed E-state index contributed by atoms with van der Waals surface area (Å²) in [6.45, 7) is 10.6. The predicted molar refractivity (Wildman–Crippen MR) is 58.2 cm³/mol. The fraction of sp³-hybridized carbons (Fsp3) is 0.778. The van der Waals surface area contributed by atoms with Gasteiger partial charge in [0.25, 0.3) is 0 Å². The van der Waals surface area contributed by atoms with Gasteiger partial charge in [0.2, 0.25) is 0 Å². The Morgan fingerprint density at radius 1 is 1.46 bits per heavy atom. The highest BCUT2D eigenvalue weighted by Gasteiger charge is 2.08. The molecule has 0 aromatic heterocycles. The third-order valence-electron chi connectivity index (χ3n) is 2.03. The Kier molecular flexibility index (Phi) is 5.62. The van der Waals surface area contributed by atoms with Gasteiger partial charge in [0.15, 0.2) is 0 Å². The molecule has 1 heterocycles. The molecule has 1 fully saturated rings. The number of halogens is 1. The van der Waals surface area contributed by atoms with Crippen LogP contribution in [0.5, 0.6) is 0 Å². The maximum Gasteiger partial charge on any atom is 0.0594 e. The van der Waals surface area contributed by atoms with Crippen LogP contribution in [0.1, 0.15) is 0 Å². The van der Waals surface area contributed by atoms with Gasteiger partial charge in [0.05, 0.1) is 13.2 Å². The minimum atomic E-state index is 0.852. The van der Waals surface area contributed by atoms with Crippen molar-refractivity contribution < 1.29 is 4.74 Å². The van der Waals surface area contributed by atoms with Crippen LogP contribution in [0.4, 0.5) is 0 Å². The van der Waals surface area contributed by atoms with E-state index >= 15 is 0 Å². The summed E-state index contributed by atoms with van der Waals surface area (Å²) in [5.74, 6) is 0. The third-order valence-corrected chi connectivity index (χ3v) is 2.31. The van der Waals surface area contributed by atoms with E-state index in [-0.39, 0.29) is 0 Å². The molecule has 1 aliphatic heterocycles. The molecule has 1 rings (SSSR count). The summed E-state index contributed by atoms with van der Waals surface area (Å²) in [5.41, 5.74) is 0. The van der Waals surface area contributed by atoms with Crippen molar-refractivity contribution in [1.82, 2.24) is 10.2 Å². The van der Waals surface area contributed by atoms with E-state index in [0.29, 0.717) is 0 Å². The molecule has 0 spiro atoms. The summed E-state index contributed by atoms with van der Waals surface area (Å²) in [6.07, 6.45) is 0. The van der Waals surface area contributed by atoms with Crippen LogP contribution in [-0.2, 0) is 4.74 Å². The largest absolute Gasteiger partial charge is 0.379 e. The van der Waals surface area contributed by atoms with Crippen molar-refractivity contribution in [3.8, 4) is 0 Å². The number of morpholine rings is 1. The average Bonchev–Trinajstić information content (AvgIpc) is 2.14. The average molecular weight is 249 g/mol. The SMILES string of the molecule is C=C(Br)CNCCN1CCOCC1. The fourth-order valence-corrected chi connectivity index (χ4v) is 1.48. The Morgan fingerprint density at radius 2 is 2.15 bits per heavy atom. The van der Waals surface area contributed by atoms with Gasteiger partial charge in [0, 0.05) is 37.2 Å². The lowest BCUT2D eigenvalue weighted by atomic mass is 10.4. The van der Waals surface area contributed by atoms with E-state index in [9.17, 15) is 0 Å². The van der Waals surface area contributed by atoms with Gasteiger partial charge in [-0.1, -0.05) is 22.5 Å². The summed E-state index contributed by atoms with van der Waals surface area (Å²) in [5, 5.41) is 3.30. The Morgan fingerprint density at radius 3 is 2.77 bits per heavy atom. The van der Waals surface area contributed by atoms with Gasteiger partial charge in [0.1, 0.15) is 0 Å². The van der Waals surface area contributed by atoms with Crippen LogP contribution < -0.4 is 5.32 Å². The summed E-state index contributed by atoms with van der Waals surface area (Å²) < 4.78 is 6.27. The molecule has 3 nitrogen and oxygen atoms in total. The molecular formula is C9H17BrN2O. The van der Waals surface area contributed by atoms with Gasteiger partial charge in [-0.2, -0.15) is 0 Å². The minimum Gasteiger partial charge on any atom is -0.379 e. The van der Waals surface area contributed by atoms with Crippen LogP contribution in [0.3, 0.4) is 0 Å². The van der Waals surface area contributed by atoms with Gasteiger partial charge >= 0.3 is 0 Å². The number of ether oxygens (including phenoxy) is 1. The molecule has 1 N–H and O–H groups in total. The molecule has 0 bridgehead atoms. The molecule has 4 heteroatoms. The van der Waals surface area contributed by atoms with E-state index in [2.05, 4.69) is 32.7 Å². The van der Waals surface area contributed by atoms with Crippen LogP contribution in [-0.4, -0.2) is 50.8 Å². The summed E-state index contributed by atoms with van der Waals surface area (Å²) >= 11 is 3.31. The maximum atomic E-state index is 5.26. The minimum absolute atomic E-state index is 0.852. The lowest BCUT2D eigenvalue weighted by Crippen LogP contribution is -2.40. The Labute approximate surface area is 88.3 Å². The molecular weight excluding hydrogens is 232 g/mol. The molecule has 1 saturated heterocycles. The standard InChI is InChI=1S/C9H17BrN2O/c1-9(10)8-11-2-3-12-4-6-13-7-5-12/h11H,1-8H2. The first-order valence-corrected chi connectivity index (χ1v) is 5.42. The smallest absolute Gasteiger partial charge is 0.0594 e. The van der Waals surface area contributed by atoms with Crippen molar-refractivity contribution in [2.24, 2.45) is 0 Å². The van der Waals surface area contributed by atoms with Gasteiger partial charge in [-0.3, -0.25) is 4.90 Å². The molecule has 0 atom stereocenters. The van der Waals surface area contributed by atoms with E-state index in [1.165, 1.54) is 0 Å². The first-order valence-electron chi connectivity index (χ1n) is 4.63. The van der Waals surface area contributed by atoms with E-state index in [4.69, 9.17) is 4.74 Å². The molecule has 1 aliphatic rings. The molecule has 0 saturated carbocycles. The molecule has 0 unspecified atom stereocenters. The highest BCUT2D eigenvalue weighted by atomic mass is 79.9. The van der Waals surface area contributed by atoms with Gasteiger partial charge in [-0.25, -0.2) is 0 Å². The highest BCUT2D eigenvalue weighted by molar-refractivity contribution is 9.11. The van der Waals surface area contributed by atoms with E-state index in [1.54, 1.807) is 0 Å². The molecule has 13 heavy (non-hydrogen) atoms. The van der Waals surface area contributed by atoms with Crippen LogP contribution in [0, 0.1) is 0 Å². The van der Waals surface area contributed by atoms with Crippen molar-refractivity contribution in [2.45, 2.75) is 0 Å². The first-order chi connectivity index (χ1) is 6.29. The van der Waals surface area contributed by atoms with Crippen molar-refractivity contribution >= 4 is 15.9 Å². The molecule has 0 aromatic carbocycles. The first kappa shape index (κ1) is 11.2. The quantitative estimate of drug-likeness (QED) is 0.730. The van der Waals surface area contributed by atoms with E-state index in [1.807, 2.05) is 0 Å². The zero-order valence-electron chi connectivity index (χ0n) is 7.89. The number of nitrogens with one attached hydrogen (secondary N) is 1. The zero-order chi connectivity index (χ0) is 9.52. The monoisotopic (exact) mass is 248 g/mol. The van der Waals surface area contributed by atoms with E-state index < -0.39 is 0 Å². The molecule has 0 amide bonds. The molecule has 0 aromatic rings. The summed E-state index contributed by atoms with van der Waals surface area (Å²) in [7, 11) is 0. The zero-order valence-corrected chi connectivity index (χ0v) is 9.48. The van der Waals surface area contributed by atoms with Crippen LogP contribution in [0.2, 0.25) is 0 Å². The van der Waals surface area contributed by atoms with Gasteiger partial charge in [-0.05, 0) is 0 Å². The number of hydrogen-bond acceptors (Lipinski definition) is 3. The summed E-state index contributed by atoms with van der Waals surface area (Å²) in [4.78, 5) is 2.41. The fourth-order valence-electron chi connectivity index (χ4n) is 1.29. The van der Waals surface area contributed by atoms with Crippen molar-refractivity contribution in [2.75, 3.05) is 45.9 Å². The molecule has 0 aliphatic carbocycles. The molecule has 0 radical (unpaired) electrons. The second-order valence-electron chi connectivity index (χ2n) is 3.15. The van der Waals surface area contributed by atoms with Crippen LogP contribution in [0.25, 0.3) is 0 Å². The van der Waals surface area contributed by atoms with E-state index in [0.717, 1.165) is 50.4 Å². The van der Waals surface area contributed by atoms with Crippen molar-refractivity contribution in [1.29, 1.82) is 0 Å².